The predicted molar refractivity (Wildman–Crippen MR) is 113 cm³/mol. The minimum Gasteiger partial charge on any atom is -0.464 e. The zero-order valence-corrected chi connectivity index (χ0v) is 17.0. The number of aromatic amines is 1. The maximum atomic E-state index is 13.1. The first-order chi connectivity index (χ1) is 14.0. The van der Waals surface area contributed by atoms with Gasteiger partial charge in [-0.3, -0.25) is 9.69 Å². The zero-order valence-electron chi connectivity index (χ0n) is 16.3. The lowest BCUT2D eigenvalue weighted by atomic mass is 9.98. The Bertz CT molecular complexity index is 1090. The summed E-state index contributed by atoms with van der Waals surface area (Å²) in [6.07, 6.45) is 0.907. The second kappa shape index (κ2) is 7.89. The number of esters is 1. The summed E-state index contributed by atoms with van der Waals surface area (Å²) >= 11 is 6.13. The van der Waals surface area contributed by atoms with Crippen molar-refractivity contribution in [1.29, 1.82) is 0 Å². The van der Waals surface area contributed by atoms with Crippen LogP contribution in [0.1, 0.15) is 28.5 Å². The zero-order chi connectivity index (χ0) is 20.5. The number of methoxy groups -OCH3 is 1. The van der Waals surface area contributed by atoms with Crippen LogP contribution < -0.4 is 5.32 Å². The second-order valence-electron chi connectivity index (χ2n) is 7.21. The number of nitrogens with one attached hydrogen (secondary N) is 2. The summed E-state index contributed by atoms with van der Waals surface area (Å²) in [4.78, 5) is 30.4. The molecular formula is C22H22ClN3O3. The highest BCUT2D eigenvalue weighted by atomic mass is 35.5. The molecule has 7 heteroatoms. The fourth-order valence-corrected chi connectivity index (χ4v) is 3.96. The van der Waals surface area contributed by atoms with Crippen LogP contribution in [0.4, 0.5) is 5.69 Å². The van der Waals surface area contributed by atoms with E-state index in [1.54, 1.807) is 18.2 Å². The Kier molecular flexibility index (Phi) is 5.30. The fraction of sp³-hybridized carbons (Fsp3) is 0.273. The SMILES string of the molecule is COC(=O)c1[nH]c2ccc(Cl)cc2c1NC(=O)[C@H](C)N1CCc2ccccc2C1. The van der Waals surface area contributed by atoms with Gasteiger partial charge in [-0.2, -0.15) is 0 Å². The van der Waals surface area contributed by atoms with Crippen LogP contribution in [0.15, 0.2) is 42.5 Å². The molecular weight excluding hydrogens is 390 g/mol. The Balaban J connectivity index is 1.60. The largest absolute Gasteiger partial charge is 0.464 e. The summed E-state index contributed by atoms with van der Waals surface area (Å²) in [5.74, 6) is -0.734. The van der Waals surface area contributed by atoms with Crippen molar-refractivity contribution in [3.8, 4) is 0 Å². The quantitative estimate of drug-likeness (QED) is 0.636. The number of aromatic nitrogens is 1. The van der Waals surface area contributed by atoms with E-state index in [1.165, 1.54) is 18.2 Å². The summed E-state index contributed by atoms with van der Waals surface area (Å²) in [5, 5.41) is 4.11. The van der Waals surface area contributed by atoms with Crippen molar-refractivity contribution in [2.45, 2.75) is 25.9 Å². The van der Waals surface area contributed by atoms with E-state index in [2.05, 4.69) is 27.3 Å². The molecule has 0 aliphatic carbocycles. The maximum absolute atomic E-state index is 13.1. The first-order valence-electron chi connectivity index (χ1n) is 9.49. The Morgan fingerprint density at radius 2 is 1.97 bits per heavy atom. The van der Waals surface area contributed by atoms with E-state index in [9.17, 15) is 9.59 Å². The first-order valence-corrected chi connectivity index (χ1v) is 9.87. The van der Waals surface area contributed by atoms with Gasteiger partial charge in [0.25, 0.3) is 0 Å². The molecule has 29 heavy (non-hydrogen) atoms. The Hall–Kier alpha value is -2.83. The van der Waals surface area contributed by atoms with Crippen molar-refractivity contribution in [3.05, 3.63) is 64.3 Å². The number of hydrogen-bond donors (Lipinski definition) is 2. The van der Waals surface area contributed by atoms with Crippen LogP contribution >= 0.6 is 11.6 Å². The van der Waals surface area contributed by atoms with Gasteiger partial charge in [0.15, 0.2) is 0 Å². The molecule has 0 saturated carbocycles. The van der Waals surface area contributed by atoms with E-state index in [1.807, 2.05) is 19.1 Å². The van der Waals surface area contributed by atoms with Crippen molar-refractivity contribution in [1.82, 2.24) is 9.88 Å². The summed E-state index contributed by atoms with van der Waals surface area (Å²) in [7, 11) is 1.31. The number of nitrogens with zero attached hydrogens (tertiary/aromatic N) is 1. The second-order valence-corrected chi connectivity index (χ2v) is 7.65. The highest BCUT2D eigenvalue weighted by Gasteiger charge is 2.27. The minimum absolute atomic E-state index is 0.185. The Morgan fingerprint density at radius 3 is 2.72 bits per heavy atom. The van der Waals surface area contributed by atoms with E-state index in [4.69, 9.17) is 16.3 Å². The van der Waals surface area contributed by atoms with E-state index in [-0.39, 0.29) is 17.6 Å². The van der Waals surface area contributed by atoms with E-state index < -0.39 is 5.97 Å². The molecule has 1 amide bonds. The number of rotatable bonds is 4. The van der Waals surface area contributed by atoms with Crippen molar-refractivity contribution >= 4 is 40.1 Å². The van der Waals surface area contributed by atoms with Crippen LogP contribution in [0.3, 0.4) is 0 Å². The third-order valence-corrected chi connectivity index (χ3v) is 5.72. The summed E-state index contributed by atoms with van der Waals surface area (Å²) in [5.41, 5.74) is 3.87. The number of carbonyl (C=O) groups excluding carboxylic acids is 2. The van der Waals surface area contributed by atoms with Gasteiger partial charge in [0.2, 0.25) is 5.91 Å². The topological polar surface area (TPSA) is 74.4 Å². The van der Waals surface area contributed by atoms with E-state index in [0.29, 0.717) is 28.2 Å². The summed E-state index contributed by atoms with van der Waals surface area (Å²) in [6, 6.07) is 13.1. The molecule has 0 spiro atoms. The van der Waals surface area contributed by atoms with Gasteiger partial charge in [-0.15, -0.1) is 0 Å². The molecule has 0 bridgehead atoms. The third-order valence-electron chi connectivity index (χ3n) is 5.49. The molecule has 0 saturated heterocycles. The maximum Gasteiger partial charge on any atom is 0.356 e. The molecule has 150 valence electrons. The fourth-order valence-electron chi connectivity index (χ4n) is 3.79. The van der Waals surface area contributed by atoms with E-state index in [0.717, 1.165) is 13.0 Å². The molecule has 2 N–H and O–H groups in total. The van der Waals surface area contributed by atoms with E-state index >= 15 is 0 Å². The van der Waals surface area contributed by atoms with Crippen LogP contribution in [0.5, 0.6) is 0 Å². The average molecular weight is 412 g/mol. The number of halogens is 1. The number of benzene rings is 2. The third kappa shape index (κ3) is 3.73. The normalized spacial score (nSPS) is 15.0. The number of fused-ring (bicyclic) bond motifs is 2. The molecule has 1 aliphatic rings. The standard InChI is InChI=1S/C22H22ClN3O3/c1-13(26-10-9-14-5-3-4-6-15(14)12-26)21(27)25-19-17-11-16(23)7-8-18(17)24-20(19)22(28)29-2/h3-8,11,13,24H,9-10,12H2,1-2H3,(H,25,27)/t13-/m0/s1. The number of ether oxygens (including phenoxy) is 1. The van der Waals surface area contributed by atoms with Crippen LogP contribution in [0.25, 0.3) is 10.9 Å². The molecule has 0 radical (unpaired) electrons. The van der Waals surface area contributed by atoms with Gasteiger partial charge in [0, 0.05) is 29.0 Å². The smallest absolute Gasteiger partial charge is 0.356 e. The molecule has 2 heterocycles. The number of carbonyl (C=O) groups is 2. The molecule has 3 aromatic rings. The van der Waals surface area contributed by atoms with Crippen molar-refractivity contribution in [2.24, 2.45) is 0 Å². The van der Waals surface area contributed by atoms with Gasteiger partial charge in [0.1, 0.15) is 5.69 Å². The minimum atomic E-state index is -0.549. The van der Waals surface area contributed by atoms with Gasteiger partial charge in [-0.25, -0.2) is 4.79 Å². The number of amides is 1. The molecule has 6 nitrogen and oxygen atoms in total. The first kappa shape index (κ1) is 19.5. The number of H-pyrrole nitrogens is 1. The number of hydrogen-bond acceptors (Lipinski definition) is 4. The van der Waals surface area contributed by atoms with Crippen LogP contribution in [-0.2, 0) is 22.5 Å². The Labute approximate surface area is 173 Å². The summed E-state index contributed by atoms with van der Waals surface area (Å²) < 4.78 is 4.87. The summed E-state index contributed by atoms with van der Waals surface area (Å²) in [6.45, 7) is 3.40. The van der Waals surface area contributed by atoms with Gasteiger partial charge in [0.05, 0.1) is 18.8 Å². The molecule has 1 aliphatic heterocycles. The van der Waals surface area contributed by atoms with Crippen LogP contribution in [-0.4, -0.2) is 41.5 Å². The lowest BCUT2D eigenvalue weighted by Crippen LogP contribution is -2.44. The van der Waals surface area contributed by atoms with Gasteiger partial charge >= 0.3 is 5.97 Å². The van der Waals surface area contributed by atoms with Crippen molar-refractivity contribution in [3.63, 3.8) is 0 Å². The molecule has 0 unspecified atom stereocenters. The number of anilines is 1. The molecule has 0 fully saturated rings. The average Bonchev–Trinajstić information content (AvgIpc) is 3.09. The Morgan fingerprint density at radius 1 is 1.21 bits per heavy atom. The van der Waals surface area contributed by atoms with Gasteiger partial charge < -0.3 is 15.0 Å². The van der Waals surface area contributed by atoms with Crippen molar-refractivity contribution in [2.75, 3.05) is 19.0 Å². The van der Waals surface area contributed by atoms with Crippen LogP contribution in [0, 0.1) is 0 Å². The monoisotopic (exact) mass is 411 g/mol. The predicted octanol–water partition coefficient (Wildman–Crippen LogP) is 3.99. The van der Waals surface area contributed by atoms with Gasteiger partial charge in [-0.05, 0) is 42.7 Å². The van der Waals surface area contributed by atoms with Gasteiger partial charge in [-0.1, -0.05) is 35.9 Å². The van der Waals surface area contributed by atoms with Crippen LogP contribution in [0.2, 0.25) is 5.02 Å². The highest BCUT2D eigenvalue weighted by Crippen LogP contribution is 2.31. The molecule has 1 atom stereocenters. The lowest BCUT2D eigenvalue weighted by Gasteiger charge is -2.32. The highest BCUT2D eigenvalue weighted by molar-refractivity contribution is 6.31. The van der Waals surface area contributed by atoms with Crippen molar-refractivity contribution < 1.29 is 14.3 Å². The molecule has 4 rings (SSSR count). The molecule has 2 aromatic carbocycles. The lowest BCUT2D eigenvalue weighted by molar-refractivity contribution is -0.121. The molecule has 1 aromatic heterocycles.